The van der Waals surface area contributed by atoms with Gasteiger partial charge in [-0.1, -0.05) is 0 Å². The monoisotopic (exact) mass is 313 g/mol. The number of rotatable bonds is 7. The molecule has 0 amide bonds. The van der Waals surface area contributed by atoms with Crippen molar-refractivity contribution >= 4 is 28.7 Å². The molecule has 8 heteroatoms. The topological polar surface area (TPSA) is 80.9 Å². The second-order valence-electron chi connectivity index (χ2n) is 4.83. The van der Waals surface area contributed by atoms with Gasteiger partial charge in [-0.2, -0.15) is 0 Å². The maximum absolute atomic E-state index is 10.8. The molecule has 0 unspecified atom stereocenters. The van der Waals surface area contributed by atoms with Crippen molar-refractivity contribution < 1.29 is 14.6 Å². The van der Waals surface area contributed by atoms with Crippen molar-refractivity contribution in [1.29, 1.82) is 0 Å². The molecule has 0 aliphatic heterocycles. The van der Waals surface area contributed by atoms with E-state index in [2.05, 4.69) is 24.7 Å². The molecule has 0 fully saturated rings. The van der Waals surface area contributed by atoms with E-state index in [0.717, 1.165) is 19.5 Å². The fraction of sp³-hybridized carbons (Fsp3) is 0.462. The third kappa shape index (κ3) is 5.92. The van der Waals surface area contributed by atoms with Gasteiger partial charge in [0.15, 0.2) is 5.11 Å². The molecular formula is C13H21N4O3S+. The Bertz CT molecular complexity index is 508. The highest BCUT2D eigenvalue weighted by atomic mass is 32.1. The summed E-state index contributed by atoms with van der Waals surface area (Å²) >= 11 is 5.18. The van der Waals surface area contributed by atoms with Gasteiger partial charge in [0, 0.05) is 25.1 Å². The van der Waals surface area contributed by atoms with E-state index >= 15 is 0 Å². The van der Waals surface area contributed by atoms with Crippen LogP contribution in [0.2, 0.25) is 0 Å². The molecule has 1 aromatic carbocycles. The molecule has 0 aliphatic carbocycles. The van der Waals surface area contributed by atoms with E-state index in [-0.39, 0.29) is 5.69 Å². The van der Waals surface area contributed by atoms with Crippen molar-refractivity contribution in [2.45, 2.75) is 6.42 Å². The average Bonchev–Trinajstić information content (AvgIpc) is 2.43. The number of nitro groups is 1. The molecule has 0 bridgehead atoms. The average molecular weight is 313 g/mol. The number of quaternary nitrogens is 1. The van der Waals surface area contributed by atoms with Crippen molar-refractivity contribution in [3.63, 3.8) is 0 Å². The van der Waals surface area contributed by atoms with Crippen molar-refractivity contribution in [1.82, 2.24) is 5.32 Å². The molecule has 0 spiro atoms. The molecule has 0 saturated carbocycles. The highest BCUT2D eigenvalue weighted by molar-refractivity contribution is 7.80. The third-order valence-electron chi connectivity index (χ3n) is 2.78. The first-order valence-electron chi connectivity index (χ1n) is 6.60. The van der Waals surface area contributed by atoms with Crippen LogP contribution >= 0.6 is 12.2 Å². The second-order valence-corrected chi connectivity index (χ2v) is 5.24. The largest absolute Gasteiger partial charge is 0.495 e. The Balaban J connectivity index is 2.61. The second kappa shape index (κ2) is 8.38. The summed E-state index contributed by atoms with van der Waals surface area (Å²) in [5.41, 5.74) is 0.458. The van der Waals surface area contributed by atoms with Gasteiger partial charge in [-0.3, -0.25) is 10.1 Å². The van der Waals surface area contributed by atoms with E-state index in [1.54, 1.807) is 6.07 Å². The summed E-state index contributed by atoms with van der Waals surface area (Å²) in [5, 5.41) is 17.2. The number of methoxy groups -OCH3 is 1. The molecule has 1 aromatic rings. The first-order valence-corrected chi connectivity index (χ1v) is 7.01. The predicted octanol–water partition coefficient (Wildman–Crippen LogP) is 0.424. The first-order chi connectivity index (χ1) is 9.93. The summed E-state index contributed by atoms with van der Waals surface area (Å²) in [7, 11) is 5.68. The SMILES string of the molecule is COc1ccc([N+](=O)[O-])cc1NC(=S)NCCC[NH+](C)C. The Morgan fingerprint density at radius 3 is 2.76 bits per heavy atom. The summed E-state index contributed by atoms with van der Waals surface area (Å²) < 4.78 is 5.16. The van der Waals surface area contributed by atoms with Crippen LogP contribution < -0.4 is 20.3 Å². The maximum atomic E-state index is 10.8. The molecule has 0 heterocycles. The van der Waals surface area contributed by atoms with Gasteiger partial charge in [0.25, 0.3) is 5.69 Å². The van der Waals surface area contributed by atoms with Crippen molar-refractivity contribution in [3.05, 3.63) is 28.3 Å². The summed E-state index contributed by atoms with van der Waals surface area (Å²) in [6, 6.07) is 4.33. The Morgan fingerprint density at radius 1 is 1.48 bits per heavy atom. The molecular weight excluding hydrogens is 292 g/mol. The Labute approximate surface area is 129 Å². The zero-order valence-electron chi connectivity index (χ0n) is 12.4. The molecule has 116 valence electrons. The van der Waals surface area contributed by atoms with Gasteiger partial charge >= 0.3 is 0 Å². The first kappa shape index (κ1) is 17.1. The molecule has 0 aromatic heterocycles. The van der Waals surface area contributed by atoms with Crippen LogP contribution in [0, 0.1) is 10.1 Å². The molecule has 0 aliphatic rings. The molecule has 0 radical (unpaired) electrons. The zero-order chi connectivity index (χ0) is 15.8. The molecule has 0 atom stereocenters. The van der Waals surface area contributed by atoms with Gasteiger partial charge in [0.2, 0.25) is 0 Å². The number of ether oxygens (including phenoxy) is 1. The molecule has 0 saturated heterocycles. The molecule has 1 rings (SSSR count). The van der Waals surface area contributed by atoms with Crippen LogP contribution in [0.3, 0.4) is 0 Å². The predicted molar refractivity (Wildman–Crippen MR) is 86.2 cm³/mol. The fourth-order valence-electron chi connectivity index (χ4n) is 1.72. The highest BCUT2D eigenvalue weighted by Crippen LogP contribution is 2.28. The van der Waals surface area contributed by atoms with Crippen LogP contribution in [0.5, 0.6) is 5.75 Å². The van der Waals surface area contributed by atoms with Crippen LogP contribution in [0.25, 0.3) is 0 Å². The lowest BCUT2D eigenvalue weighted by Gasteiger charge is -2.13. The number of thiocarbonyl (C=S) groups is 1. The van der Waals surface area contributed by atoms with Gasteiger partial charge in [-0.25, -0.2) is 0 Å². The number of nitro benzene ring substituents is 1. The number of nitrogens with one attached hydrogen (secondary N) is 3. The van der Waals surface area contributed by atoms with Crippen LogP contribution in [0.1, 0.15) is 6.42 Å². The number of benzene rings is 1. The Morgan fingerprint density at radius 2 is 2.19 bits per heavy atom. The third-order valence-corrected chi connectivity index (χ3v) is 3.03. The quantitative estimate of drug-likeness (QED) is 0.293. The molecule has 21 heavy (non-hydrogen) atoms. The smallest absolute Gasteiger partial charge is 0.271 e. The van der Waals surface area contributed by atoms with Gasteiger partial charge < -0.3 is 20.3 Å². The van der Waals surface area contributed by atoms with E-state index in [4.69, 9.17) is 17.0 Å². The number of hydrogen-bond donors (Lipinski definition) is 3. The lowest BCUT2D eigenvalue weighted by Crippen LogP contribution is -3.05. The van der Waals surface area contributed by atoms with E-state index in [1.165, 1.54) is 24.1 Å². The van der Waals surface area contributed by atoms with E-state index < -0.39 is 4.92 Å². The minimum atomic E-state index is -0.457. The minimum absolute atomic E-state index is 0.0164. The summed E-state index contributed by atoms with van der Waals surface area (Å²) in [6.07, 6.45) is 0.982. The van der Waals surface area contributed by atoms with Crippen LogP contribution in [0.4, 0.5) is 11.4 Å². The van der Waals surface area contributed by atoms with Crippen molar-refractivity contribution in [2.75, 3.05) is 39.6 Å². The molecule has 7 nitrogen and oxygen atoms in total. The van der Waals surface area contributed by atoms with E-state index in [9.17, 15) is 10.1 Å². The van der Waals surface area contributed by atoms with Crippen molar-refractivity contribution in [2.24, 2.45) is 0 Å². The summed E-state index contributed by atoms with van der Waals surface area (Å²) in [5.74, 6) is 0.502. The van der Waals surface area contributed by atoms with Gasteiger partial charge in [-0.15, -0.1) is 0 Å². The lowest BCUT2D eigenvalue weighted by atomic mass is 10.2. The number of nitrogens with zero attached hydrogens (tertiary/aromatic N) is 1. The van der Waals surface area contributed by atoms with Crippen LogP contribution in [0.15, 0.2) is 18.2 Å². The van der Waals surface area contributed by atoms with Gasteiger partial charge in [0.05, 0.1) is 38.4 Å². The Kier molecular flexibility index (Phi) is 6.83. The van der Waals surface area contributed by atoms with E-state index in [1.807, 2.05) is 0 Å². The molecule has 3 N–H and O–H groups in total. The maximum Gasteiger partial charge on any atom is 0.271 e. The van der Waals surface area contributed by atoms with Crippen LogP contribution in [-0.4, -0.2) is 44.3 Å². The number of non-ortho nitro benzene ring substituents is 1. The van der Waals surface area contributed by atoms with Crippen molar-refractivity contribution in [3.8, 4) is 5.75 Å². The van der Waals surface area contributed by atoms with E-state index in [0.29, 0.717) is 16.5 Å². The van der Waals surface area contributed by atoms with Crippen LogP contribution in [-0.2, 0) is 0 Å². The normalized spacial score (nSPS) is 10.3. The zero-order valence-corrected chi connectivity index (χ0v) is 13.3. The summed E-state index contributed by atoms with van der Waals surface area (Å²) in [4.78, 5) is 11.7. The lowest BCUT2D eigenvalue weighted by molar-refractivity contribution is -0.858. The number of hydrogen-bond acceptors (Lipinski definition) is 4. The minimum Gasteiger partial charge on any atom is -0.495 e. The summed E-state index contributed by atoms with van der Waals surface area (Å²) in [6.45, 7) is 1.78. The number of anilines is 1. The standard InChI is InChI=1S/C13H20N4O3S/c1-16(2)8-4-7-14-13(21)15-11-9-10(17(18)19)5-6-12(11)20-3/h5-6,9H,4,7-8H2,1-3H3,(H2,14,15,21)/p+1. The Hall–Kier alpha value is -1.93. The van der Waals surface area contributed by atoms with Gasteiger partial charge in [-0.05, 0) is 18.3 Å². The van der Waals surface area contributed by atoms with Gasteiger partial charge in [0.1, 0.15) is 5.75 Å². The fourth-order valence-corrected chi connectivity index (χ4v) is 1.93. The highest BCUT2D eigenvalue weighted by Gasteiger charge is 2.12.